The van der Waals surface area contributed by atoms with E-state index in [0.29, 0.717) is 12.4 Å². The molecule has 0 N–H and O–H groups in total. The molecule has 0 aliphatic carbocycles. The Morgan fingerprint density at radius 3 is 1.97 bits per heavy atom. The van der Waals surface area contributed by atoms with Crippen molar-refractivity contribution in [3.63, 3.8) is 0 Å². The van der Waals surface area contributed by atoms with Crippen molar-refractivity contribution < 1.29 is 33.3 Å². The molecule has 3 rings (SSSR count). The number of alkyl halides is 1. The lowest BCUT2D eigenvalue weighted by Gasteiger charge is -2.44. The highest BCUT2D eigenvalue weighted by Gasteiger charge is 2.52. The van der Waals surface area contributed by atoms with Crippen LogP contribution in [0.4, 0.5) is 0 Å². The smallest absolute Gasteiger partial charge is 0.339 e. The molecule has 184 valence electrons. The largest absolute Gasteiger partial charge is 0.467 e. The fraction of sp³-hybridized carbons (Fsp3) is 0.440. The Labute approximate surface area is 209 Å². The lowest BCUT2D eigenvalue weighted by molar-refractivity contribution is -0.243. The van der Waals surface area contributed by atoms with Crippen molar-refractivity contribution in [1.82, 2.24) is 0 Å². The van der Waals surface area contributed by atoms with Crippen LogP contribution in [0.5, 0.6) is 0 Å². The number of ether oxygens (including phenoxy) is 5. The van der Waals surface area contributed by atoms with Crippen LogP contribution in [-0.4, -0.2) is 60.5 Å². The SMILES string of the molecule is CCS[C@@H]1O[C@H](C(=O)OC)[C@H](OC(=O)CCl)[C@H](OCc2ccccc2)[C@H]1OCc1ccccc1. The Bertz CT molecular complexity index is 899. The van der Waals surface area contributed by atoms with Crippen molar-refractivity contribution in [3.05, 3.63) is 71.8 Å². The Morgan fingerprint density at radius 2 is 1.47 bits per heavy atom. The number of benzene rings is 2. The Morgan fingerprint density at radius 1 is 0.912 bits per heavy atom. The summed E-state index contributed by atoms with van der Waals surface area (Å²) in [5.74, 6) is -1.02. The Hall–Kier alpha value is -2.10. The molecule has 9 heteroatoms. The van der Waals surface area contributed by atoms with Crippen molar-refractivity contribution in [2.75, 3.05) is 18.7 Å². The number of esters is 2. The molecule has 1 heterocycles. The molecular formula is C25H29ClO7S. The molecule has 1 saturated heterocycles. The van der Waals surface area contributed by atoms with Crippen molar-refractivity contribution in [2.24, 2.45) is 0 Å². The van der Waals surface area contributed by atoms with Gasteiger partial charge in [-0.3, -0.25) is 4.79 Å². The zero-order valence-electron chi connectivity index (χ0n) is 19.1. The molecule has 2 aromatic carbocycles. The van der Waals surface area contributed by atoms with E-state index in [-0.39, 0.29) is 12.5 Å². The van der Waals surface area contributed by atoms with E-state index in [1.807, 2.05) is 67.6 Å². The molecule has 0 spiro atoms. The number of rotatable bonds is 11. The predicted molar refractivity (Wildman–Crippen MR) is 129 cm³/mol. The summed E-state index contributed by atoms with van der Waals surface area (Å²) in [6, 6.07) is 19.3. The van der Waals surface area contributed by atoms with E-state index in [4.69, 9.17) is 35.3 Å². The first-order valence-electron chi connectivity index (χ1n) is 11.0. The standard InChI is InChI=1S/C25H29ClO7S/c1-3-34-25-23(31-16-18-12-8-5-9-13-18)20(30-15-17-10-6-4-7-11-17)21(32-19(27)14-26)22(33-25)24(28)29-2/h4-13,20-23,25H,3,14-16H2,1-2H3/t20-,21+,22-,23+,25-/m0/s1. The second-order valence-electron chi connectivity index (χ2n) is 7.51. The monoisotopic (exact) mass is 508 g/mol. The lowest BCUT2D eigenvalue weighted by atomic mass is 9.98. The fourth-order valence-electron chi connectivity index (χ4n) is 3.63. The van der Waals surface area contributed by atoms with Crippen LogP contribution < -0.4 is 0 Å². The second-order valence-corrected chi connectivity index (χ2v) is 9.16. The minimum Gasteiger partial charge on any atom is -0.467 e. The summed E-state index contributed by atoms with van der Waals surface area (Å²) in [4.78, 5) is 24.8. The zero-order valence-corrected chi connectivity index (χ0v) is 20.7. The number of halogens is 1. The number of carbonyl (C=O) groups excluding carboxylic acids is 2. The summed E-state index contributed by atoms with van der Waals surface area (Å²) in [6.45, 7) is 2.50. The van der Waals surface area contributed by atoms with Crippen LogP contribution in [0.2, 0.25) is 0 Å². The van der Waals surface area contributed by atoms with E-state index in [9.17, 15) is 9.59 Å². The normalized spacial score (nSPS) is 24.4. The first-order chi connectivity index (χ1) is 16.6. The summed E-state index contributed by atoms with van der Waals surface area (Å²) in [5.41, 5.74) is 1.34. The van der Waals surface area contributed by atoms with E-state index < -0.39 is 41.8 Å². The third-order valence-corrected chi connectivity index (χ3v) is 6.47. The van der Waals surface area contributed by atoms with Gasteiger partial charge in [-0.05, 0) is 16.9 Å². The Balaban J connectivity index is 1.93. The van der Waals surface area contributed by atoms with E-state index in [0.717, 1.165) is 11.1 Å². The van der Waals surface area contributed by atoms with Gasteiger partial charge in [0.25, 0.3) is 0 Å². The van der Waals surface area contributed by atoms with Gasteiger partial charge in [-0.25, -0.2) is 4.79 Å². The Kier molecular flexibility index (Phi) is 10.7. The van der Waals surface area contributed by atoms with E-state index in [1.54, 1.807) is 0 Å². The molecule has 34 heavy (non-hydrogen) atoms. The van der Waals surface area contributed by atoms with Crippen molar-refractivity contribution >= 4 is 35.3 Å². The third kappa shape index (κ3) is 7.20. The molecule has 0 aromatic heterocycles. The van der Waals surface area contributed by atoms with Gasteiger partial charge in [-0.15, -0.1) is 23.4 Å². The molecule has 0 bridgehead atoms. The molecule has 2 aromatic rings. The van der Waals surface area contributed by atoms with Gasteiger partial charge in [0, 0.05) is 0 Å². The molecule has 5 atom stereocenters. The summed E-state index contributed by atoms with van der Waals surface area (Å²) in [7, 11) is 1.26. The number of hydrogen-bond acceptors (Lipinski definition) is 8. The highest BCUT2D eigenvalue weighted by molar-refractivity contribution is 7.99. The van der Waals surface area contributed by atoms with Crippen molar-refractivity contribution in [2.45, 2.75) is 50.0 Å². The number of methoxy groups -OCH3 is 1. The maximum Gasteiger partial charge on any atom is 0.339 e. The van der Waals surface area contributed by atoms with Crippen molar-refractivity contribution in [3.8, 4) is 0 Å². The van der Waals surface area contributed by atoms with Crippen LogP contribution in [-0.2, 0) is 46.5 Å². The van der Waals surface area contributed by atoms with Crippen LogP contribution in [0.15, 0.2) is 60.7 Å². The maximum atomic E-state index is 12.6. The molecule has 0 unspecified atom stereocenters. The molecule has 1 aliphatic heterocycles. The van der Waals surface area contributed by atoms with Gasteiger partial charge >= 0.3 is 11.9 Å². The van der Waals surface area contributed by atoms with Gasteiger partial charge in [0.1, 0.15) is 23.5 Å². The van der Waals surface area contributed by atoms with Crippen LogP contribution in [0, 0.1) is 0 Å². The molecule has 0 amide bonds. The van der Waals surface area contributed by atoms with E-state index in [1.165, 1.54) is 18.9 Å². The minimum atomic E-state index is -1.18. The van der Waals surface area contributed by atoms with Gasteiger partial charge in [-0.2, -0.15) is 0 Å². The third-order valence-electron chi connectivity index (χ3n) is 5.21. The summed E-state index contributed by atoms with van der Waals surface area (Å²) >= 11 is 7.18. The second kappa shape index (κ2) is 13.7. The molecule has 0 radical (unpaired) electrons. The fourth-order valence-corrected chi connectivity index (χ4v) is 4.64. The van der Waals surface area contributed by atoms with Crippen LogP contribution in [0.3, 0.4) is 0 Å². The summed E-state index contributed by atoms with van der Waals surface area (Å²) in [6.07, 6.45) is -3.73. The van der Waals surface area contributed by atoms with Gasteiger partial charge in [0.2, 0.25) is 0 Å². The van der Waals surface area contributed by atoms with E-state index >= 15 is 0 Å². The summed E-state index contributed by atoms with van der Waals surface area (Å²) in [5, 5.41) is 0. The van der Waals surface area contributed by atoms with Gasteiger partial charge in [0.05, 0.1) is 20.3 Å². The molecule has 0 saturated carbocycles. The first kappa shape index (κ1) is 26.5. The maximum absolute atomic E-state index is 12.6. The average molecular weight is 509 g/mol. The van der Waals surface area contributed by atoms with Crippen LogP contribution >= 0.6 is 23.4 Å². The summed E-state index contributed by atoms with van der Waals surface area (Å²) < 4.78 is 29.2. The molecule has 1 aliphatic rings. The number of thioether (sulfide) groups is 1. The van der Waals surface area contributed by atoms with Crippen LogP contribution in [0.25, 0.3) is 0 Å². The predicted octanol–water partition coefficient (Wildman–Crippen LogP) is 3.96. The molecule has 7 nitrogen and oxygen atoms in total. The molecular weight excluding hydrogens is 480 g/mol. The topological polar surface area (TPSA) is 80.3 Å². The minimum absolute atomic E-state index is 0.225. The first-order valence-corrected chi connectivity index (χ1v) is 12.6. The highest BCUT2D eigenvalue weighted by atomic mass is 35.5. The van der Waals surface area contributed by atoms with Gasteiger partial charge in [-0.1, -0.05) is 67.6 Å². The zero-order chi connectivity index (χ0) is 24.3. The quantitative estimate of drug-likeness (QED) is 0.333. The van der Waals surface area contributed by atoms with Gasteiger partial charge < -0.3 is 23.7 Å². The molecule has 1 fully saturated rings. The van der Waals surface area contributed by atoms with E-state index in [2.05, 4.69) is 0 Å². The van der Waals surface area contributed by atoms with Crippen LogP contribution in [0.1, 0.15) is 18.1 Å². The van der Waals surface area contributed by atoms with Crippen molar-refractivity contribution in [1.29, 1.82) is 0 Å². The van der Waals surface area contributed by atoms with Gasteiger partial charge in [0.15, 0.2) is 12.2 Å². The number of hydrogen-bond donors (Lipinski definition) is 0. The highest BCUT2D eigenvalue weighted by Crippen LogP contribution is 2.35. The lowest BCUT2D eigenvalue weighted by Crippen LogP contribution is -2.62. The number of carbonyl (C=O) groups is 2. The average Bonchev–Trinajstić information content (AvgIpc) is 2.88.